The van der Waals surface area contributed by atoms with Gasteiger partial charge in [-0.25, -0.2) is 9.38 Å². The van der Waals surface area contributed by atoms with Gasteiger partial charge in [-0.2, -0.15) is 8.78 Å². The van der Waals surface area contributed by atoms with Crippen LogP contribution in [0.4, 0.5) is 13.2 Å². The fraction of sp³-hybridized carbons (Fsp3) is 0.400. The zero-order chi connectivity index (χ0) is 9.56. The lowest BCUT2D eigenvalue weighted by molar-refractivity contribution is 0.160. The summed E-state index contributed by atoms with van der Waals surface area (Å²) in [5.41, 5.74) is 5.08. The van der Waals surface area contributed by atoms with Crippen molar-refractivity contribution in [3.63, 3.8) is 0 Å². The van der Waals surface area contributed by atoms with E-state index < -0.39 is 12.4 Å². The summed E-state index contributed by atoms with van der Waals surface area (Å²) in [5, 5.41) is -0.234. The quantitative estimate of drug-likeness (QED) is 0.407. The molecule has 0 bridgehead atoms. The Hall–Kier alpha value is -0.690. The number of hydrogen-bond acceptors (Lipinski definition) is 4. The van der Waals surface area contributed by atoms with Crippen LogP contribution in [0.5, 0.6) is 0 Å². The van der Waals surface area contributed by atoms with E-state index in [4.69, 9.17) is 5.73 Å². The van der Waals surface area contributed by atoms with E-state index in [2.05, 4.69) is 9.71 Å². The van der Waals surface area contributed by atoms with Crippen molar-refractivity contribution in [1.82, 2.24) is 4.72 Å². The van der Waals surface area contributed by atoms with E-state index in [1.54, 1.807) is 0 Å². The van der Waals surface area contributed by atoms with Gasteiger partial charge in [0.1, 0.15) is 5.03 Å². The average Bonchev–Trinajstić information content (AvgIpc) is 2.00. The normalized spacial score (nSPS) is 14.1. The second-order valence-electron chi connectivity index (χ2n) is 1.57. The number of nitrogens with two attached hydrogens (primary N) is 1. The Morgan fingerprint density at radius 3 is 2.67 bits per heavy atom. The summed E-state index contributed by atoms with van der Waals surface area (Å²) < 4.78 is 37.8. The van der Waals surface area contributed by atoms with Gasteiger partial charge in [-0.15, -0.1) is 0 Å². The van der Waals surface area contributed by atoms with Crippen molar-refractivity contribution < 1.29 is 13.2 Å². The highest BCUT2D eigenvalue weighted by Crippen LogP contribution is 2.09. The van der Waals surface area contributed by atoms with E-state index in [9.17, 15) is 13.2 Å². The van der Waals surface area contributed by atoms with Gasteiger partial charge in [0, 0.05) is 0 Å². The molecule has 0 rings (SSSR count). The molecule has 3 N–H and O–H groups in total. The van der Waals surface area contributed by atoms with Crippen LogP contribution in [0.2, 0.25) is 0 Å². The van der Waals surface area contributed by atoms with Crippen molar-refractivity contribution >= 4 is 18.2 Å². The Bertz CT molecular complexity index is 192. The number of halogens is 3. The van der Waals surface area contributed by atoms with Crippen LogP contribution in [0.3, 0.4) is 0 Å². The van der Waals surface area contributed by atoms with Crippen LogP contribution in [0.25, 0.3) is 0 Å². The molecular formula is C5H8F3N3S. The summed E-state index contributed by atoms with van der Waals surface area (Å²) in [6.07, 6.45) is 0.393. The molecule has 70 valence electrons. The molecule has 0 saturated heterocycles. The smallest absolute Gasteiger partial charge is 0.331 e. The standard InChI is InChI=1S/C5H8F3N3S/c1-10-12-4(9)3(6)2-11-5(7)8/h2,5,10H,9H2,1H3/b4-3-,11-2+. The summed E-state index contributed by atoms with van der Waals surface area (Å²) in [4.78, 5) is 2.52. The molecule has 0 atom stereocenters. The lowest BCUT2D eigenvalue weighted by Crippen LogP contribution is -2.03. The van der Waals surface area contributed by atoms with Crippen LogP contribution in [-0.4, -0.2) is 19.8 Å². The number of nitrogens with one attached hydrogen (secondary N) is 1. The van der Waals surface area contributed by atoms with Crippen LogP contribution in [-0.2, 0) is 0 Å². The lowest BCUT2D eigenvalue weighted by atomic mass is 10.6. The van der Waals surface area contributed by atoms with Crippen molar-refractivity contribution in [3.8, 4) is 0 Å². The molecule has 0 aliphatic heterocycles. The Morgan fingerprint density at radius 1 is 1.67 bits per heavy atom. The minimum Gasteiger partial charge on any atom is -0.390 e. The van der Waals surface area contributed by atoms with Crippen molar-refractivity contribution in [3.05, 3.63) is 10.9 Å². The first-order valence-corrected chi connectivity index (χ1v) is 3.69. The highest BCUT2D eigenvalue weighted by atomic mass is 32.2. The average molecular weight is 199 g/mol. The highest BCUT2D eigenvalue weighted by Gasteiger charge is 2.01. The largest absolute Gasteiger partial charge is 0.390 e. The molecule has 0 aromatic carbocycles. The first-order valence-electron chi connectivity index (χ1n) is 2.88. The van der Waals surface area contributed by atoms with Gasteiger partial charge >= 0.3 is 6.55 Å². The molecule has 0 fully saturated rings. The van der Waals surface area contributed by atoms with E-state index in [-0.39, 0.29) is 5.03 Å². The van der Waals surface area contributed by atoms with Crippen LogP contribution in [0.15, 0.2) is 15.8 Å². The molecule has 0 aliphatic rings. The number of hydrogen-bond donors (Lipinski definition) is 2. The third-order valence-corrected chi connectivity index (χ3v) is 1.37. The SMILES string of the molecule is CNS/C(N)=C(F)/C=N/C(F)F. The zero-order valence-electron chi connectivity index (χ0n) is 6.22. The van der Waals surface area contributed by atoms with E-state index in [0.717, 1.165) is 11.9 Å². The predicted octanol–water partition coefficient (Wildman–Crippen LogP) is 1.24. The van der Waals surface area contributed by atoms with Gasteiger partial charge in [0.2, 0.25) is 0 Å². The van der Waals surface area contributed by atoms with Crippen molar-refractivity contribution in [2.45, 2.75) is 6.55 Å². The zero-order valence-corrected chi connectivity index (χ0v) is 7.04. The topological polar surface area (TPSA) is 50.4 Å². The Kier molecular flexibility index (Phi) is 5.56. The van der Waals surface area contributed by atoms with E-state index in [0.29, 0.717) is 6.21 Å². The van der Waals surface area contributed by atoms with Crippen LogP contribution in [0.1, 0.15) is 0 Å². The van der Waals surface area contributed by atoms with Gasteiger partial charge in [-0.05, 0) is 19.0 Å². The predicted molar refractivity (Wildman–Crippen MR) is 43.5 cm³/mol. The summed E-state index contributed by atoms with van der Waals surface area (Å²) in [7, 11) is 1.52. The number of nitrogens with zero attached hydrogens (tertiary/aromatic N) is 1. The monoisotopic (exact) mass is 199 g/mol. The van der Waals surface area contributed by atoms with Crippen molar-refractivity contribution in [2.24, 2.45) is 10.7 Å². The number of allylic oxidation sites excluding steroid dienone is 1. The molecule has 0 aromatic rings. The Morgan fingerprint density at radius 2 is 2.25 bits per heavy atom. The van der Waals surface area contributed by atoms with Gasteiger partial charge in [0.15, 0.2) is 5.83 Å². The summed E-state index contributed by atoms with van der Waals surface area (Å²) in [6.45, 7) is -2.91. The van der Waals surface area contributed by atoms with Gasteiger partial charge < -0.3 is 5.73 Å². The van der Waals surface area contributed by atoms with Crippen molar-refractivity contribution in [2.75, 3.05) is 7.05 Å². The maximum Gasteiger partial charge on any atom is 0.331 e. The summed E-state index contributed by atoms with van der Waals surface area (Å²) in [6, 6.07) is 0. The second kappa shape index (κ2) is 5.90. The molecule has 0 aromatic heterocycles. The molecule has 3 nitrogen and oxygen atoms in total. The Labute approximate surface area is 72.0 Å². The Balaban J connectivity index is 4.15. The molecule has 0 saturated carbocycles. The second-order valence-corrected chi connectivity index (χ2v) is 2.63. The minimum atomic E-state index is -2.91. The maximum atomic E-state index is 12.6. The van der Waals surface area contributed by atoms with E-state index in [1.807, 2.05) is 0 Å². The molecule has 0 amide bonds. The molecule has 0 radical (unpaired) electrons. The fourth-order valence-corrected chi connectivity index (χ4v) is 0.714. The molecule has 0 aliphatic carbocycles. The van der Waals surface area contributed by atoms with Gasteiger partial charge in [0.05, 0.1) is 6.21 Å². The van der Waals surface area contributed by atoms with E-state index >= 15 is 0 Å². The van der Waals surface area contributed by atoms with Crippen molar-refractivity contribution in [1.29, 1.82) is 0 Å². The summed E-state index contributed by atoms with van der Waals surface area (Å²) in [5.74, 6) is -0.977. The maximum absolute atomic E-state index is 12.6. The molecule has 0 heterocycles. The third-order valence-electron chi connectivity index (χ3n) is 0.748. The molecular weight excluding hydrogens is 191 g/mol. The first-order chi connectivity index (χ1) is 5.57. The fourth-order valence-electron chi connectivity index (χ4n) is 0.344. The lowest BCUT2D eigenvalue weighted by Gasteiger charge is -1.97. The minimum absolute atomic E-state index is 0.234. The van der Waals surface area contributed by atoms with Crippen LogP contribution >= 0.6 is 11.9 Å². The number of rotatable bonds is 4. The third kappa shape index (κ3) is 5.03. The van der Waals surface area contributed by atoms with E-state index in [1.165, 1.54) is 7.05 Å². The molecule has 12 heavy (non-hydrogen) atoms. The molecule has 0 spiro atoms. The molecule has 7 heteroatoms. The van der Waals surface area contributed by atoms with Crippen LogP contribution in [0, 0.1) is 0 Å². The summed E-state index contributed by atoms with van der Waals surface area (Å²) >= 11 is 0.787. The molecule has 0 unspecified atom stereocenters. The first kappa shape index (κ1) is 11.3. The number of aliphatic imine (C=N–C) groups is 1. The van der Waals surface area contributed by atoms with Gasteiger partial charge in [-0.3, -0.25) is 4.72 Å². The van der Waals surface area contributed by atoms with Crippen LogP contribution < -0.4 is 10.5 Å². The number of alkyl halides is 2. The van der Waals surface area contributed by atoms with Gasteiger partial charge in [-0.1, -0.05) is 0 Å². The van der Waals surface area contributed by atoms with Gasteiger partial charge in [0.25, 0.3) is 0 Å². The highest BCUT2D eigenvalue weighted by molar-refractivity contribution is 8.01.